The molecule has 5 heteroatoms. The molecule has 1 aliphatic heterocycles. The van der Waals surface area contributed by atoms with E-state index in [-0.39, 0.29) is 11.8 Å². The fourth-order valence-electron chi connectivity index (χ4n) is 4.26. The summed E-state index contributed by atoms with van der Waals surface area (Å²) in [5.41, 5.74) is 5.23. The third-order valence-electron chi connectivity index (χ3n) is 5.74. The lowest BCUT2D eigenvalue weighted by atomic mass is 9.97. The van der Waals surface area contributed by atoms with Gasteiger partial charge in [0.1, 0.15) is 11.4 Å². The number of benzene rings is 3. The number of amides is 2. The Bertz CT molecular complexity index is 1230. The maximum Gasteiger partial charge on any atom is 0.282 e. The highest BCUT2D eigenvalue weighted by Gasteiger charge is 2.42. The lowest BCUT2D eigenvalue weighted by Gasteiger charge is -2.22. The van der Waals surface area contributed by atoms with Gasteiger partial charge in [-0.3, -0.25) is 9.59 Å². The third-order valence-corrected chi connectivity index (χ3v) is 5.74. The first-order valence-corrected chi connectivity index (χ1v) is 11.1. The maximum absolute atomic E-state index is 13.8. The zero-order valence-electron chi connectivity index (χ0n) is 19.5. The van der Waals surface area contributed by atoms with Crippen LogP contribution in [0.2, 0.25) is 0 Å². The Balaban J connectivity index is 1.82. The number of nitrogens with zero attached hydrogens (tertiary/aromatic N) is 2. The van der Waals surface area contributed by atoms with Crippen LogP contribution in [0.5, 0.6) is 5.75 Å². The molecular weight excluding hydrogens is 412 g/mol. The standard InChI is InChI=1S/C28H28N2O3/c1-5-33-23-13-9-12-22(17-23)30-27(31)25(24-15-14-19(2)16-20(24)3)26(28(30)32)29(4)18-21-10-7-6-8-11-21/h6-17H,5,18H2,1-4H3. The predicted molar refractivity (Wildman–Crippen MR) is 131 cm³/mol. The number of hydrogen-bond acceptors (Lipinski definition) is 4. The summed E-state index contributed by atoms with van der Waals surface area (Å²) < 4.78 is 5.60. The Morgan fingerprint density at radius 1 is 0.879 bits per heavy atom. The summed E-state index contributed by atoms with van der Waals surface area (Å²) in [5.74, 6) is -0.0349. The molecule has 0 radical (unpaired) electrons. The van der Waals surface area contributed by atoms with Gasteiger partial charge in [-0.1, -0.05) is 60.2 Å². The van der Waals surface area contributed by atoms with E-state index in [9.17, 15) is 9.59 Å². The molecule has 0 fully saturated rings. The molecule has 168 valence electrons. The number of hydrogen-bond donors (Lipinski definition) is 0. The Morgan fingerprint density at radius 3 is 2.33 bits per heavy atom. The summed E-state index contributed by atoms with van der Waals surface area (Å²) in [4.78, 5) is 30.6. The number of aryl methyl sites for hydroxylation is 2. The van der Waals surface area contributed by atoms with Gasteiger partial charge in [0, 0.05) is 19.7 Å². The molecule has 0 unspecified atom stereocenters. The van der Waals surface area contributed by atoms with Crippen LogP contribution < -0.4 is 9.64 Å². The van der Waals surface area contributed by atoms with E-state index < -0.39 is 0 Å². The van der Waals surface area contributed by atoms with Crippen LogP contribution in [0, 0.1) is 13.8 Å². The van der Waals surface area contributed by atoms with Crippen molar-refractivity contribution in [2.24, 2.45) is 0 Å². The lowest BCUT2D eigenvalue weighted by Crippen LogP contribution is -2.34. The van der Waals surface area contributed by atoms with Gasteiger partial charge in [-0.2, -0.15) is 0 Å². The number of ether oxygens (including phenoxy) is 1. The normalized spacial score (nSPS) is 13.6. The average molecular weight is 441 g/mol. The first-order chi connectivity index (χ1) is 15.9. The number of imide groups is 1. The van der Waals surface area contributed by atoms with Gasteiger partial charge in [0.25, 0.3) is 11.8 Å². The second-order valence-corrected chi connectivity index (χ2v) is 8.26. The van der Waals surface area contributed by atoms with Crippen molar-refractivity contribution >= 4 is 23.1 Å². The maximum atomic E-state index is 13.8. The van der Waals surface area contributed by atoms with Crippen molar-refractivity contribution in [2.45, 2.75) is 27.3 Å². The van der Waals surface area contributed by atoms with Gasteiger partial charge in [0.05, 0.1) is 17.9 Å². The van der Waals surface area contributed by atoms with Crippen LogP contribution in [-0.4, -0.2) is 30.4 Å². The molecule has 3 aromatic rings. The van der Waals surface area contributed by atoms with Crippen molar-refractivity contribution in [2.75, 3.05) is 18.6 Å². The molecule has 2 amide bonds. The molecular formula is C28H28N2O3. The van der Waals surface area contributed by atoms with Crippen molar-refractivity contribution in [1.82, 2.24) is 4.90 Å². The molecule has 4 rings (SSSR count). The molecule has 1 heterocycles. The van der Waals surface area contributed by atoms with Gasteiger partial charge in [0.2, 0.25) is 0 Å². The van der Waals surface area contributed by atoms with Crippen molar-refractivity contribution in [1.29, 1.82) is 0 Å². The zero-order valence-corrected chi connectivity index (χ0v) is 19.5. The summed E-state index contributed by atoms with van der Waals surface area (Å²) in [5, 5.41) is 0. The Labute approximate surface area is 194 Å². The Kier molecular flexibility index (Phi) is 6.31. The fourth-order valence-corrected chi connectivity index (χ4v) is 4.26. The summed E-state index contributed by atoms with van der Waals surface area (Å²) in [6.07, 6.45) is 0. The zero-order chi connectivity index (χ0) is 23.5. The first-order valence-electron chi connectivity index (χ1n) is 11.1. The minimum Gasteiger partial charge on any atom is -0.494 e. The molecule has 1 aliphatic rings. The van der Waals surface area contributed by atoms with E-state index in [1.54, 1.807) is 18.2 Å². The largest absolute Gasteiger partial charge is 0.494 e. The quantitative estimate of drug-likeness (QED) is 0.479. The molecule has 0 aliphatic carbocycles. The van der Waals surface area contributed by atoms with E-state index >= 15 is 0 Å². The highest BCUT2D eigenvalue weighted by atomic mass is 16.5. The van der Waals surface area contributed by atoms with Crippen molar-refractivity contribution < 1.29 is 14.3 Å². The van der Waals surface area contributed by atoms with Crippen LogP contribution in [0.1, 0.15) is 29.2 Å². The number of carbonyl (C=O) groups excluding carboxylic acids is 2. The molecule has 0 N–H and O–H groups in total. The van der Waals surface area contributed by atoms with Gasteiger partial charge >= 0.3 is 0 Å². The molecule has 0 saturated carbocycles. The second kappa shape index (κ2) is 9.33. The average Bonchev–Trinajstić information content (AvgIpc) is 3.05. The topological polar surface area (TPSA) is 49.9 Å². The van der Waals surface area contributed by atoms with Crippen LogP contribution in [0.25, 0.3) is 5.57 Å². The Hall–Kier alpha value is -3.86. The highest BCUT2D eigenvalue weighted by molar-refractivity contribution is 6.45. The van der Waals surface area contributed by atoms with Crippen LogP contribution in [0.3, 0.4) is 0 Å². The van der Waals surface area contributed by atoms with E-state index in [0.717, 1.165) is 22.3 Å². The van der Waals surface area contributed by atoms with Crippen LogP contribution in [-0.2, 0) is 16.1 Å². The van der Waals surface area contributed by atoms with Gasteiger partial charge < -0.3 is 9.64 Å². The summed E-state index contributed by atoms with van der Waals surface area (Å²) in [6.45, 7) is 6.90. The Morgan fingerprint density at radius 2 is 1.64 bits per heavy atom. The SMILES string of the molecule is CCOc1cccc(N2C(=O)C(c3ccc(C)cc3C)=C(N(C)Cc3ccccc3)C2=O)c1. The minimum absolute atomic E-state index is 0.324. The minimum atomic E-state index is -0.331. The van der Waals surface area contributed by atoms with E-state index in [1.807, 2.05) is 87.3 Å². The number of likely N-dealkylation sites (N-methyl/N-ethyl adjacent to an activating group) is 1. The van der Waals surface area contributed by atoms with E-state index in [0.29, 0.717) is 35.9 Å². The van der Waals surface area contributed by atoms with Gasteiger partial charge in [0.15, 0.2) is 0 Å². The monoisotopic (exact) mass is 440 g/mol. The fraction of sp³-hybridized carbons (Fsp3) is 0.214. The molecule has 33 heavy (non-hydrogen) atoms. The first kappa shape index (κ1) is 22.3. The van der Waals surface area contributed by atoms with E-state index in [2.05, 4.69) is 0 Å². The van der Waals surface area contributed by atoms with Gasteiger partial charge in [-0.15, -0.1) is 0 Å². The molecule has 0 aromatic heterocycles. The lowest BCUT2D eigenvalue weighted by molar-refractivity contribution is -0.120. The molecule has 0 bridgehead atoms. The van der Waals surface area contributed by atoms with Crippen LogP contribution in [0.4, 0.5) is 5.69 Å². The summed E-state index contributed by atoms with van der Waals surface area (Å²) in [6, 6.07) is 23.0. The predicted octanol–water partition coefficient (Wildman–Crippen LogP) is 5.12. The summed E-state index contributed by atoms with van der Waals surface area (Å²) >= 11 is 0. The molecule has 3 aromatic carbocycles. The van der Waals surface area contributed by atoms with Crippen LogP contribution in [0.15, 0.2) is 78.5 Å². The van der Waals surface area contributed by atoms with Gasteiger partial charge in [-0.25, -0.2) is 4.90 Å². The number of rotatable bonds is 7. The second-order valence-electron chi connectivity index (χ2n) is 8.26. The smallest absolute Gasteiger partial charge is 0.282 e. The molecule has 0 spiro atoms. The third kappa shape index (κ3) is 4.40. The summed E-state index contributed by atoms with van der Waals surface area (Å²) in [7, 11) is 1.86. The van der Waals surface area contributed by atoms with E-state index in [4.69, 9.17) is 4.74 Å². The van der Waals surface area contributed by atoms with Crippen molar-refractivity contribution in [3.8, 4) is 5.75 Å². The molecule has 0 atom stereocenters. The highest BCUT2D eigenvalue weighted by Crippen LogP contribution is 2.37. The molecule has 0 saturated heterocycles. The van der Waals surface area contributed by atoms with Crippen molar-refractivity contribution in [3.05, 3.63) is 101 Å². The van der Waals surface area contributed by atoms with Crippen LogP contribution >= 0.6 is 0 Å². The van der Waals surface area contributed by atoms with Crippen molar-refractivity contribution in [3.63, 3.8) is 0 Å². The number of carbonyl (C=O) groups is 2. The van der Waals surface area contributed by atoms with E-state index in [1.165, 1.54) is 4.90 Å². The number of anilines is 1. The van der Waals surface area contributed by atoms with Gasteiger partial charge in [-0.05, 0) is 49.6 Å². The molecule has 5 nitrogen and oxygen atoms in total.